The standard InChI is InChI=1S/C16H19N5O2S/c1-20(2)8-9-21(13-6-4-3-5-7-13)24(22,23)15-11-18-16-14(15)10-17-12-19-16/h3-7,10-12H,8-9H2,1-2H3,(H,17,18,19). The van der Waals surface area contributed by atoms with E-state index in [4.69, 9.17) is 0 Å². The SMILES string of the molecule is CN(C)CCN(c1ccccc1)S(=O)(=O)c1c[nH]c2ncncc12. The highest BCUT2D eigenvalue weighted by molar-refractivity contribution is 7.93. The Morgan fingerprint density at radius 2 is 1.88 bits per heavy atom. The maximum absolute atomic E-state index is 13.3. The summed E-state index contributed by atoms with van der Waals surface area (Å²) < 4.78 is 27.9. The Bertz CT molecular complexity index is 922. The number of H-pyrrole nitrogens is 1. The largest absolute Gasteiger partial charge is 0.345 e. The number of nitrogens with one attached hydrogen (secondary N) is 1. The molecule has 126 valence electrons. The fraction of sp³-hybridized carbons (Fsp3) is 0.250. The average molecular weight is 345 g/mol. The van der Waals surface area contributed by atoms with Crippen LogP contribution < -0.4 is 4.31 Å². The molecule has 0 spiro atoms. The number of likely N-dealkylation sites (N-methyl/N-ethyl adjacent to an activating group) is 1. The van der Waals surface area contributed by atoms with Gasteiger partial charge in [-0.2, -0.15) is 0 Å². The van der Waals surface area contributed by atoms with E-state index in [1.165, 1.54) is 23.0 Å². The number of hydrogen-bond acceptors (Lipinski definition) is 5. The molecule has 0 aliphatic heterocycles. The van der Waals surface area contributed by atoms with Crippen molar-refractivity contribution in [3.8, 4) is 0 Å². The molecule has 0 radical (unpaired) electrons. The van der Waals surface area contributed by atoms with E-state index in [1.807, 2.05) is 37.2 Å². The van der Waals surface area contributed by atoms with Crippen LogP contribution in [-0.2, 0) is 10.0 Å². The lowest BCUT2D eigenvalue weighted by atomic mass is 10.3. The van der Waals surface area contributed by atoms with E-state index >= 15 is 0 Å². The van der Waals surface area contributed by atoms with Crippen LogP contribution in [0.25, 0.3) is 11.0 Å². The van der Waals surface area contributed by atoms with Crippen LogP contribution in [0.1, 0.15) is 0 Å². The first kappa shape index (κ1) is 16.4. The van der Waals surface area contributed by atoms with Crippen molar-refractivity contribution in [2.24, 2.45) is 0 Å². The zero-order valence-electron chi connectivity index (χ0n) is 13.5. The van der Waals surface area contributed by atoms with Gasteiger partial charge in [0.2, 0.25) is 0 Å². The van der Waals surface area contributed by atoms with Crippen LogP contribution in [0.3, 0.4) is 0 Å². The lowest BCUT2D eigenvalue weighted by Gasteiger charge is -2.25. The van der Waals surface area contributed by atoms with Gasteiger partial charge < -0.3 is 9.88 Å². The Hall–Kier alpha value is -2.45. The summed E-state index contributed by atoms with van der Waals surface area (Å²) in [5, 5.41) is 0.489. The minimum atomic E-state index is -3.74. The molecule has 0 amide bonds. The molecule has 7 nitrogen and oxygen atoms in total. The third-order valence-corrected chi connectivity index (χ3v) is 5.55. The maximum Gasteiger partial charge on any atom is 0.266 e. The highest BCUT2D eigenvalue weighted by atomic mass is 32.2. The summed E-state index contributed by atoms with van der Waals surface area (Å²) in [5.74, 6) is 0. The molecule has 3 aromatic rings. The van der Waals surface area contributed by atoms with Crippen LogP contribution in [0, 0.1) is 0 Å². The van der Waals surface area contributed by atoms with Crippen molar-refractivity contribution < 1.29 is 8.42 Å². The molecule has 1 N–H and O–H groups in total. The number of para-hydroxylation sites is 1. The Balaban J connectivity index is 2.08. The van der Waals surface area contributed by atoms with Gasteiger partial charge in [-0.3, -0.25) is 4.31 Å². The molecule has 0 saturated heterocycles. The molecule has 0 unspecified atom stereocenters. The zero-order chi connectivity index (χ0) is 17.2. The van der Waals surface area contributed by atoms with Crippen molar-refractivity contribution in [2.75, 3.05) is 31.5 Å². The second kappa shape index (κ2) is 6.58. The molecule has 2 heterocycles. The van der Waals surface area contributed by atoms with E-state index in [-0.39, 0.29) is 4.90 Å². The molecule has 0 aliphatic carbocycles. The monoisotopic (exact) mass is 345 g/mol. The highest BCUT2D eigenvalue weighted by Gasteiger charge is 2.28. The molecule has 3 rings (SSSR count). The number of nitrogens with zero attached hydrogens (tertiary/aromatic N) is 4. The molecular weight excluding hydrogens is 326 g/mol. The second-order valence-electron chi connectivity index (χ2n) is 5.65. The summed E-state index contributed by atoms with van der Waals surface area (Å²) in [6.45, 7) is 0.951. The van der Waals surface area contributed by atoms with E-state index in [9.17, 15) is 8.42 Å². The Kier molecular flexibility index (Phi) is 4.50. The van der Waals surface area contributed by atoms with Crippen molar-refractivity contribution in [1.29, 1.82) is 0 Å². The van der Waals surface area contributed by atoms with Crippen LogP contribution in [0.4, 0.5) is 5.69 Å². The Labute approximate surface area is 141 Å². The van der Waals surface area contributed by atoms with Gasteiger partial charge in [-0.15, -0.1) is 0 Å². The highest BCUT2D eigenvalue weighted by Crippen LogP contribution is 2.27. The fourth-order valence-electron chi connectivity index (χ4n) is 2.44. The van der Waals surface area contributed by atoms with Gasteiger partial charge in [-0.25, -0.2) is 18.4 Å². The van der Waals surface area contributed by atoms with E-state index in [2.05, 4.69) is 15.0 Å². The Morgan fingerprint density at radius 1 is 1.12 bits per heavy atom. The quantitative estimate of drug-likeness (QED) is 0.735. The number of sulfonamides is 1. The summed E-state index contributed by atoms with van der Waals surface area (Å²) >= 11 is 0. The van der Waals surface area contributed by atoms with Crippen LogP contribution in [0.2, 0.25) is 0 Å². The number of anilines is 1. The van der Waals surface area contributed by atoms with Crippen molar-refractivity contribution in [3.63, 3.8) is 0 Å². The minimum Gasteiger partial charge on any atom is -0.345 e. The van der Waals surface area contributed by atoms with E-state index in [0.717, 1.165) is 0 Å². The fourth-order valence-corrected chi connectivity index (χ4v) is 4.04. The molecule has 8 heteroatoms. The van der Waals surface area contributed by atoms with Gasteiger partial charge in [0.15, 0.2) is 0 Å². The predicted molar refractivity (Wildman–Crippen MR) is 93.4 cm³/mol. The van der Waals surface area contributed by atoms with E-state index in [0.29, 0.717) is 29.8 Å². The van der Waals surface area contributed by atoms with E-state index < -0.39 is 10.0 Å². The topological polar surface area (TPSA) is 82.2 Å². The van der Waals surface area contributed by atoms with Gasteiger partial charge in [-0.05, 0) is 26.2 Å². The van der Waals surface area contributed by atoms with E-state index in [1.54, 1.807) is 12.1 Å². The van der Waals surface area contributed by atoms with Crippen molar-refractivity contribution in [1.82, 2.24) is 19.9 Å². The summed E-state index contributed by atoms with van der Waals surface area (Å²) in [5.41, 5.74) is 1.13. The summed E-state index contributed by atoms with van der Waals surface area (Å²) in [4.78, 5) is 13.0. The molecular formula is C16H19N5O2S. The number of aromatic amines is 1. The predicted octanol–water partition coefficient (Wildman–Crippen LogP) is 1.71. The smallest absolute Gasteiger partial charge is 0.266 e. The van der Waals surface area contributed by atoms with Crippen molar-refractivity contribution in [3.05, 3.63) is 49.1 Å². The van der Waals surface area contributed by atoms with Crippen LogP contribution in [-0.4, -0.2) is 55.5 Å². The van der Waals surface area contributed by atoms with Crippen molar-refractivity contribution >= 4 is 26.7 Å². The molecule has 2 aromatic heterocycles. The summed E-state index contributed by atoms with van der Waals surface area (Å²) in [6, 6.07) is 9.09. The number of hydrogen-bond donors (Lipinski definition) is 1. The van der Waals surface area contributed by atoms with Gasteiger partial charge in [0, 0.05) is 25.5 Å². The molecule has 0 atom stereocenters. The van der Waals surface area contributed by atoms with Crippen molar-refractivity contribution in [2.45, 2.75) is 4.90 Å². The first-order valence-electron chi connectivity index (χ1n) is 7.50. The van der Waals surface area contributed by atoms with Gasteiger partial charge in [0.25, 0.3) is 10.0 Å². The number of aromatic nitrogens is 3. The lowest BCUT2D eigenvalue weighted by Crippen LogP contribution is -2.36. The number of benzene rings is 1. The van der Waals surface area contributed by atoms with Crippen LogP contribution in [0.15, 0.2) is 53.9 Å². The second-order valence-corrected chi connectivity index (χ2v) is 7.48. The summed E-state index contributed by atoms with van der Waals surface area (Å²) in [6.07, 6.45) is 4.37. The molecule has 0 bridgehead atoms. The average Bonchev–Trinajstić information content (AvgIpc) is 3.00. The molecule has 1 aromatic carbocycles. The van der Waals surface area contributed by atoms with Crippen LogP contribution in [0.5, 0.6) is 0 Å². The number of rotatable bonds is 6. The third kappa shape index (κ3) is 3.10. The maximum atomic E-state index is 13.3. The first-order valence-corrected chi connectivity index (χ1v) is 8.94. The number of fused-ring (bicyclic) bond motifs is 1. The molecule has 0 saturated carbocycles. The van der Waals surface area contributed by atoms with Crippen LogP contribution >= 0.6 is 0 Å². The summed E-state index contributed by atoms with van der Waals surface area (Å²) in [7, 11) is 0.0864. The first-order chi connectivity index (χ1) is 11.5. The normalized spacial score (nSPS) is 12.0. The Morgan fingerprint density at radius 3 is 2.58 bits per heavy atom. The third-order valence-electron chi connectivity index (χ3n) is 3.68. The molecule has 0 aliphatic rings. The molecule has 24 heavy (non-hydrogen) atoms. The van der Waals surface area contributed by atoms with Gasteiger partial charge in [-0.1, -0.05) is 18.2 Å². The lowest BCUT2D eigenvalue weighted by molar-refractivity contribution is 0.419. The van der Waals surface area contributed by atoms with Gasteiger partial charge in [0.1, 0.15) is 16.9 Å². The minimum absolute atomic E-state index is 0.181. The molecule has 0 fully saturated rings. The van der Waals surface area contributed by atoms with Gasteiger partial charge in [0.05, 0.1) is 11.1 Å². The zero-order valence-corrected chi connectivity index (χ0v) is 14.4. The van der Waals surface area contributed by atoms with Gasteiger partial charge >= 0.3 is 0 Å².